The monoisotopic (exact) mass is 263 g/mol. The molecule has 1 heterocycles. The fourth-order valence-corrected chi connectivity index (χ4v) is 2.15. The number of carbonyl (C=O) groups excluding carboxylic acids is 1. The van der Waals surface area contributed by atoms with E-state index in [0.29, 0.717) is 16.8 Å². The Labute approximate surface area is 115 Å². The number of amides is 1. The van der Waals surface area contributed by atoms with Crippen LogP contribution < -0.4 is 5.32 Å². The third-order valence-electron chi connectivity index (χ3n) is 3.15. The van der Waals surface area contributed by atoms with Crippen LogP contribution in [0.3, 0.4) is 0 Å². The number of fused-ring (bicyclic) bond motifs is 1. The second kappa shape index (κ2) is 4.67. The first-order valence-electron chi connectivity index (χ1n) is 6.07. The highest BCUT2D eigenvalue weighted by Crippen LogP contribution is 2.33. The molecule has 0 atom stereocenters. The second-order valence-corrected chi connectivity index (χ2v) is 4.47. The lowest BCUT2D eigenvalue weighted by molar-refractivity contribution is -0.110. The Bertz CT molecular complexity index is 767. The van der Waals surface area contributed by atoms with Crippen LogP contribution in [0.4, 0.5) is 10.1 Å². The summed E-state index contributed by atoms with van der Waals surface area (Å²) in [6.45, 7) is 0. The van der Waals surface area contributed by atoms with Gasteiger partial charge in [-0.15, -0.1) is 6.42 Å². The number of hydrogen-bond acceptors (Lipinski definition) is 1. The van der Waals surface area contributed by atoms with Crippen LogP contribution in [-0.4, -0.2) is 5.91 Å². The van der Waals surface area contributed by atoms with E-state index in [2.05, 4.69) is 11.2 Å². The number of hydrogen-bond donors (Lipinski definition) is 1. The number of benzene rings is 2. The zero-order valence-corrected chi connectivity index (χ0v) is 10.5. The third-order valence-corrected chi connectivity index (χ3v) is 3.15. The Morgan fingerprint density at radius 3 is 2.60 bits per heavy atom. The normalized spacial score (nSPS) is 14.8. The van der Waals surface area contributed by atoms with E-state index in [1.54, 1.807) is 24.3 Å². The molecule has 0 saturated heterocycles. The molecule has 0 unspecified atom stereocenters. The highest BCUT2D eigenvalue weighted by molar-refractivity contribution is 6.34. The molecule has 0 aromatic heterocycles. The van der Waals surface area contributed by atoms with Crippen molar-refractivity contribution in [3.8, 4) is 12.3 Å². The number of carbonyl (C=O) groups is 1. The first kappa shape index (κ1) is 12.2. The minimum Gasteiger partial charge on any atom is -0.321 e. The summed E-state index contributed by atoms with van der Waals surface area (Å²) >= 11 is 0. The van der Waals surface area contributed by atoms with Gasteiger partial charge >= 0.3 is 0 Å². The largest absolute Gasteiger partial charge is 0.321 e. The van der Waals surface area contributed by atoms with E-state index < -0.39 is 0 Å². The molecule has 0 saturated carbocycles. The predicted octanol–water partition coefficient (Wildman–Crippen LogP) is 3.30. The minimum absolute atomic E-state index is 0.230. The van der Waals surface area contributed by atoms with Gasteiger partial charge in [-0.25, -0.2) is 4.39 Å². The van der Waals surface area contributed by atoms with Gasteiger partial charge in [0.25, 0.3) is 5.91 Å². The van der Waals surface area contributed by atoms with Crippen LogP contribution in [0.1, 0.15) is 16.7 Å². The van der Waals surface area contributed by atoms with E-state index in [1.807, 2.05) is 12.1 Å². The van der Waals surface area contributed by atoms with Crippen LogP contribution in [0.5, 0.6) is 0 Å². The predicted molar refractivity (Wildman–Crippen MR) is 77.3 cm³/mol. The number of halogens is 1. The zero-order valence-electron chi connectivity index (χ0n) is 10.5. The van der Waals surface area contributed by atoms with E-state index in [-0.39, 0.29) is 11.7 Å². The van der Waals surface area contributed by atoms with E-state index >= 15 is 0 Å². The van der Waals surface area contributed by atoms with E-state index in [4.69, 9.17) is 6.42 Å². The molecular formula is C17H10FNO. The van der Waals surface area contributed by atoms with Crippen molar-refractivity contribution in [2.45, 2.75) is 0 Å². The van der Waals surface area contributed by atoms with E-state index in [0.717, 1.165) is 11.1 Å². The van der Waals surface area contributed by atoms with Crippen molar-refractivity contribution in [1.82, 2.24) is 0 Å². The highest BCUT2D eigenvalue weighted by atomic mass is 19.1. The topological polar surface area (TPSA) is 29.1 Å². The summed E-state index contributed by atoms with van der Waals surface area (Å²) in [6, 6.07) is 11.5. The average Bonchev–Trinajstić information content (AvgIpc) is 2.76. The molecule has 0 bridgehead atoms. The van der Waals surface area contributed by atoms with Crippen molar-refractivity contribution in [3.63, 3.8) is 0 Å². The van der Waals surface area contributed by atoms with Crippen molar-refractivity contribution in [1.29, 1.82) is 0 Å². The molecule has 1 aliphatic rings. The average molecular weight is 263 g/mol. The van der Waals surface area contributed by atoms with Crippen LogP contribution in [-0.2, 0) is 4.79 Å². The van der Waals surface area contributed by atoms with Gasteiger partial charge in [-0.2, -0.15) is 0 Å². The minimum atomic E-state index is -0.367. The van der Waals surface area contributed by atoms with Crippen LogP contribution in [0.15, 0.2) is 42.5 Å². The SMILES string of the molecule is C#Cc1ccc(/C=C2\C(=O)Nc3ccc(F)cc32)cc1. The maximum atomic E-state index is 13.3. The number of terminal acetylenes is 1. The van der Waals surface area contributed by atoms with Crippen LogP contribution in [0.2, 0.25) is 0 Å². The Balaban J connectivity index is 2.06. The van der Waals surface area contributed by atoms with Crippen LogP contribution >= 0.6 is 0 Å². The summed E-state index contributed by atoms with van der Waals surface area (Å²) in [5.74, 6) is 1.93. The van der Waals surface area contributed by atoms with E-state index in [9.17, 15) is 9.18 Å². The highest BCUT2D eigenvalue weighted by Gasteiger charge is 2.24. The van der Waals surface area contributed by atoms with Crippen molar-refractivity contribution in [2.75, 3.05) is 5.32 Å². The molecule has 3 heteroatoms. The van der Waals surface area contributed by atoms with Gasteiger partial charge in [-0.05, 0) is 42.0 Å². The van der Waals surface area contributed by atoms with Crippen molar-refractivity contribution >= 4 is 23.2 Å². The summed E-state index contributed by atoms with van der Waals surface area (Å²) in [6.07, 6.45) is 7.02. The van der Waals surface area contributed by atoms with E-state index in [1.165, 1.54) is 12.1 Å². The first-order valence-corrected chi connectivity index (χ1v) is 6.07. The lowest BCUT2D eigenvalue weighted by atomic mass is 10.0. The van der Waals surface area contributed by atoms with Crippen molar-refractivity contribution < 1.29 is 9.18 Å². The molecule has 2 aromatic rings. The number of nitrogens with one attached hydrogen (secondary N) is 1. The smallest absolute Gasteiger partial charge is 0.256 e. The Kier molecular flexibility index (Phi) is 2.85. The fraction of sp³-hybridized carbons (Fsp3) is 0. The van der Waals surface area contributed by atoms with Crippen molar-refractivity contribution in [3.05, 3.63) is 65.0 Å². The first-order chi connectivity index (χ1) is 9.67. The van der Waals surface area contributed by atoms with Gasteiger partial charge in [0, 0.05) is 22.4 Å². The van der Waals surface area contributed by atoms with Crippen LogP contribution in [0.25, 0.3) is 11.6 Å². The van der Waals surface area contributed by atoms with Gasteiger partial charge in [-0.1, -0.05) is 18.1 Å². The Morgan fingerprint density at radius 2 is 1.90 bits per heavy atom. The molecular weight excluding hydrogens is 253 g/mol. The van der Waals surface area contributed by atoms with Crippen molar-refractivity contribution in [2.24, 2.45) is 0 Å². The van der Waals surface area contributed by atoms with Gasteiger partial charge in [0.15, 0.2) is 0 Å². The van der Waals surface area contributed by atoms with Gasteiger partial charge in [0.05, 0.1) is 0 Å². The molecule has 2 aromatic carbocycles. The van der Waals surface area contributed by atoms with Gasteiger partial charge < -0.3 is 5.32 Å². The lowest BCUT2D eigenvalue weighted by Gasteiger charge is -1.99. The Hall–Kier alpha value is -2.86. The Morgan fingerprint density at radius 1 is 1.15 bits per heavy atom. The molecule has 3 rings (SSSR count). The maximum Gasteiger partial charge on any atom is 0.256 e. The number of anilines is 1. The molecule has 96 valence electrons. The van der Waals surface area contributed by atoms with Gasteiger partial charge in [-0.3, -0.25) is 4.79 Å². The molecule has 0 fully saturated rings. The van der Waals surface area contributed by atoms with Gasteiger partial charge in [0.1, 0.15) is 5.82 Å². The fourth-order valence-electron chi connectivity index (χ4n) is 2.15. The maximum absolute atomic E-state index is 13.3. The summed E-state index contributed by atoms with van der Waals surface area (Å²) in [4.78, 5) is 11.9. The molecule has 0 spiro atoms. The zero-order chi connectivity index (χ0) is 14.1. The molecule has 1 N–H and O–H groups in total. The molecule has 1 amide bonds. The number of rotatable bonds is 1. The quantitative estimate of drug-likeness (QED) is 0.620. The third kappa shape index (κ3) is 2.08. The standard InChI is InChI=1S/C17H10FNO/c1-2-11-3-5-12(6-4-11)9-15-14-10-13(18)7-8-16(14)19-17(15)20/h1,3-10H,(H,19,20)/b15-9-. The summed E-state index contributed by atoms with van der Waals surface area (Å²) in [5, 5.41) is 2.71. The summed E-state index contributed by atoms with van der Waals surface area (Å²) in [7, 11) is 0. The molecule has 2 nitrogen and oxygen atoms in total. The summed E-state index contributed by atoms with van der Waals surface area (Å²) in [5.41, 5.74) is 3.27. The molecule has 0 radical (unpaired) electrons. The molecule has 0 aliphatic carbocycles. The lowest BCUT2D eigenvalue weighted by Crippen LogP contribution is -2.03. The second-order valence-electron chi connectivity index (χ2n) is 4.47. The molecule has 20 heavy (non-hydrogen) atoms. The van der Waals surface area contributed by atoms with Gasteiger partial charge in [0.2, 0.25) is 0 Å². The molecule has 1 aliphatic heterocycles. The summed E-state index contributed by atoms with van der Waals surface area (Å²) < 4.78 is 13.3. The van der Waals surface area contributed by atoms with Crippen LogP contribution in [0, 0.1) is 18.2 Å².